The van der Waals surface area contributed by atoms with Crippen LogP contribution in [-0.4, -0.2) is 46.2 Å². The van der Waals surface area contributed by atoms with Gasteiger partial charge in [-0.15, -0.1) is 0 Å². The third-order valence-electron chi connectivity index (χ3n) is 3.26. The molecule has 0 spiro atoms. The summed E-state index contributed by atoms with van der Waals surface area (Å²) in [6.45, 7) is 5.58. The Morgan fingerprint density at radius 1 is 1.35 bits per heavy atom. The number of morpholine rings is 1. The molecular weight excluding hydrogens is 318 g/mol. The third kappa shape index (κ3) is 5.58. The average molecular weight is 341 g/mol. The number of ether oxygens (including phenoxy) is 1. The highest BCUT2D eigenvalue weighted by Gasteiger charge is 2.18. The molecule has 1 heterocycles. The van der Waals surface area contributed by atoms with Gasteiger partial charge in [0.15, 0.2) is 0 Å². The zero-order valence-corrected chi connectivity index (χ0v) is 14.2. The lowest BCUT2D eigenvalue weighted by Gasteiger charge is -2.23. The molecule has 1 fully saturated rings. The standard InChI is InChI=1S/C15H23N3O4S/c1-11(2)18-23(20,21)14-5-3-12(4-6-14)17-15(19)9-13-10-16-7-8-22-13/h3-6,11,13,16,18H,7-10H2,1-2H3,(H,17,19). The largest absolute Gasteiger partial charge is 0.375 e. The van der Waals surface area contributed by atoms with Crippen LogP contribution in [0.5, 0.6) is 0 Å². The maximum atomic E-state index is 12.0. The number of carbonyl (C=O) groups is 1. The minimum atomic E-state index is -3.52. The van der Waals surface area contributed by atoms with Crippen molar-refractivity contribution in [2.75, 3.05) is 25.0 Å². The fourth-order valence-electron chi connectivity index (χ4n) is 2.27. The van der Waals surface area contributed by atoms with E-state index in [0.29, 0.717) is 18.8 Å². The van der Waals surface area contributed by atoms with Crippen molar-refractivity contribution >= 4 is 21.6 Å². The summed E-state index contributed by atoms with van der Waals surface area (Å²) in [6, 6.07) is 5.92. The Bertz CT molecular complexity index is 623. The van der Waals surface area contributed by atoms with E-state index in [1.807, 2.05) is 0 Å². The Morgan fingerprint density at radius 3 is 2.61 bits per heavy atom. The molecule has 0 aliphatic carbocycles. The topological polar surface area (TPSA) is 96.5 Å². The number of benzene rings is 1. The molecule has 1 aliphatic rings. The monoisotopic (exact) mass is 341 g/mol. The van der Waals surface area contributed by atoms with E-state index >= 15 is 0 Å². The lowest BCUT2D eigenvalue weighted by Crippen LogP contribution is -2.40. The maximum Gasteiger partial charge on any atom is 0.240 e. The first-order valence-electron chi connectivity index (χ1n) is 7.61. The van der Waals surface area contributed by atoms with E-state index in [1.165, 1.54) is 12.1 Å². The summed E-state index contributed by atoms with van der Waals surface area (Å²) in [5.41, 5.74) is 0.558. The van der Waals surface area contributed by atoms with Gasteiger partial charge in [-0.3, -0.25) is 4.79 Å². The first-order chi connectivity index (χ1) is 10.9. The van der Waals surface area contributed by atoms with Crippen LogP contribution in [0.3, 0.4) is 0 Å². The van der Waals surface area contributed by atoms with Gasteiger partial charge in [0, 0.05) is 24.8 Å². The van der Waals surface area contributed by atoms with Crippen molar-refractivity contribution in [3.63, 3.8) is 0 Å². The fraction of sp³-hybridized carbons (Fsp3) is 0.533. The predicted octanol–water partition coefficient (Wildman–Crippen LogP) is 0.690. The molecule has 1 saturated heterocycles. The first-order valence-corrected chi connectivity index (χ1v) is 9.10. The van der Waals surface area contributed by atoms with Gasteiger partial charge in [0.2, 0.25) is 15.9 Å². The molecule has 1 unspecified atom stereocenters. The summed E-state index contributed by atoms with van der Waals surface area (Å²) in [5, 5.41) is 5.91. The highest BCUT2D eigenvalue weighted by Crippen LogP contribution is 2.15. The van der Waals surface area contributed by atoms with Crippen LogP contribution in [-0.2, 0) is 19.6 Å². The zero-order valence-electron chi connectivity index (χ0n) is 13.3. The van der Waals surface area contributed by atoms with Crippen LogP contribution in [0.4, 0.5) is 5.69 Å². The van der Waals surface area contributed by atoms with E-state index in [0.717, 1.165) is 6.54 Å². The Balaban J connectivity index is 1.93. The van der Waals surface area contributed by atoms with E-state index < -0.39 is 10.0 Å². The van der Waals surface area contributed by atoms with Crippen molar-refractivity contribution in [3.8, 4) is 0 Å². The molecule has 1 amide bonds. The van der Waals surface area contributed by atoms with E-state index in [1.54, 1.807) is 26.0 Å². The van der Waals surface area contributed by atoms with Crippen molar-refractivity contribution in [1.29, 1.82) is 0 Å². The highest BCUT2D eigenvalue weighted by molar-refractivity contribution is 7.89. The van der Waals surface area contributed by atoms with Gasteiger partial charge in [-0.2, -0.15) is 0 Å². The van der Waals surface area contributed by atoms with Crippen LogP contribution in [0.2, 0.25) is 0 Å². The summed E-state index contributed by atoms with van der Waals surface area (Å²) >= 11 is 0. The molecule has 1 aliphatic heterocycles. The summed E-state index contributed by atoms with van der Waals surface area (Å²) in [5.74, 6) is -0.158. The first kappa shape index (κ1) is 17.9. The molecule has 0 saturated carbocycles. The molecule has 8 heteroatoms. The van der Waals surface area contributed by atoms with Crippen molar-refractivity contribution in [2.24, 2.45) is 0 Å². The average Bonchev–Trinajstić information content (AvgIpc) is 2.47. The Labute approximate surface area is 136 Å². The number of amides is 1. The van der Waals surface area contributed by atoms with Gasteiger partial charge in [0.25, 0.3) is 0 Å². The number of nitrogens with one attached hydrogen (secondary N) is 3. The summed E-state index contributed by atoms with van der Waals surface area (Å²) < 4.78 is 32.0. The van der Waals surface area contributed by atoms with Crippen LogP contribution < -0.4 is 15.4 Å². The quantitative estimate of drug-likeness (QED) is 0.707. The van der Waals surface area contributed by atoms with E-state index in [2.05, 4.69) is 15.4 Å². The third-order valence-corrected chi connectivity index (χ3v) is 4.93. The smallest absolute Gasteiger partial charge is 0.240 e. The SMILES string of the molecule is CC(C)NS(=O)(=O)c1ccc(NC(=O)CC2CNCCO2)cc1. The normalized spacial score (nSPS) is 18.8. The second-order valence-corrected chi connectivity index (χ2v) is 7.46. The van der Waals surface area contributed by atoms with Gasteiger partial charge in [-0.05, 0) is 38.1 Å². The molecule has 1 aromatic rings. The van der Waals surface area contributed by atoms with Crippen molar-refractivity contribution < 1.29 is 17.9 Å². The Kier molecular flexibility index (Phi) is 6.11. The number of hydrogen-bond acceptors (Lipinski definition) is 5. The second kappa shape index (κ2) is 7.87. The minimum Gasteiger partial charge on any atom is -0.375 e. The lowest BCUT2D eigenvalue weighted by atomic mass is 10.2. The number of anilines is 1. The summed E-state index contributed by atoms with van der Waals surface area (Å²) in [6.07, 6.45) is 0.140. The Morgan fingerprint density at radius 2 is 2.04 bits per heavy atom. The number of carbonyl (C=O) groups excluding carboxylic acids is 1. The van der Waals surface area contributed by atoms with Crippen LogP contribution in [0.15, 0.2) is 29.2 Å². The molecule has 0 bridgehead atoms. The van der Waals surface area contributed by atoms with Crippen LogP contribution in [0.25, 0.3) is 0 Å². The van der Waals surface area contributed by atoms with Crippen molar-refractivity contribution in [2.45, 2.75) is 37.3 Å². The number of sulfonamides is 1. The van der Waals surface area contributed by atoms with Gasteiger partial charge in [-0.1, -0.05) is 0 Å². The molecule has 2 rings (SSSR count). The summed E-state index contributed by atoms with van der Waals surface area (Å²) in [4.78, 5) is 12.1. The van der Waals surface area contributed by atoms with Crippen LogP contribution in [0.1, 0.15) is 20.3 Å². The molecule has 7 nitrogen and oxygen atoms in total. The van der Waals surface area contributed by atoms with Gasteiger partial charge in [-0.25, -0.2) is 13.1 Å². The predicted molar refractivity (Wildman–Crippen MR) is 87.8 cm³/mol. The Hall–Kier alpha value is -1.48. The van der Waals surface area contributed by atoms with Crippen LogP contribution in [0, 0.1) is 0 Å². The van der Waals surface area contributed by atoms with Gasteiger partial charge in [0.05, 0.1) is 24.0 Å². The van der Waals surface area contributed by atoms with Gasteiger partial charge < -0.3 is 15.4 Å². The maximum absolute atomic E-state index is 12.0. The highest BCUT2D eigenvalue weighted by atomic mass is 32.2. The molecule has 0 aromatic heterocycles. The molecule has 128 valence electrons. The van der Waals surface area contributed by atoms with E-state index in [9.17, 15) is 13.2 Å². The summed E-state index contributed by atoms with van der Waals surface area (Å²) in [7, 11) is -3.52. The molecule has 3 N–H and O–H groups in total. The molecule has 1 atom stereocenters. The van der Waals surface area contributed by atoms with Crippen molar-refractivity contribution in [1.82, 2.24) is 10.0 Å². The zero-order chi connectivity index (χ0) is 16.9. The lowest BCUT2D eigenvalue weighted by molar-refractivity contribution is -0.119. The van der Waals surface area contributed by atoms with Gasteiger partial charge in [0.1, 0.15) is 0 Å². The van der Waals surface area contributed by atoms with E-state index in [4.69, 9.17) is 4.74 Å². The fourth-order valence-corrected chi connectivity index (χ4v) is 3.52. The molecular formula is C15H23N3O4S. The van der Waals surface area contributed by atoms with Gasteiger partial charge >= 0.3 is 0 Å². The molecule has 0 radical (unpaired) electrons. The second-order valence-electron chi connectivity index (χ2n) is 5.75. The number of rotatable bonds is 6. The molecule has 1 aromatic carbocycles. The molecule has 23 heavy (non-hydrogen) atoms. The van der Waals surface area contributed by atoms with Crippen molar-refractivity contribution in [3.05, 3.63) is 24.3 Å². The minimum absolute atomic E-state index is 0.126. The van der Waals surface area contributed by atoms with Crippen LogP contribution >= 0.6 is 0 Å². The van der Waals surface area contributed by atoms with E-state index in [-0.39, 0.29) is 29.4 Å². The number of hydrogen-bond donors (Lipinski definition) is 3.